The number of thiophene rings is 1. The number of nitrogens with one attached hydrogen (secondary N) is 2. The molecule has 1 aromatic carbocycles. The molecule has 1 atom stereocenters. The molecule has 0 fully saturated rings. The van der Waals surface area contributed by atoms with Crippen molar-refractivity contribution in [2.24, 2.45) is 0 Å². The fourth-order valence-electron chi connectivity index (χ4n) is 2.26. The minimum absolute atomic E-state index is 0.124. The number of fused-ring (bicyclic) bond motifs is 1. The molecule has 0 bridgehead atoms. The Balaban J connectivity index is 1.58. The fraction of sp³-hybridized carbons (Fsp3) is 0.250. The lowest BCUT2D eigenvalue weighted by atomic mass is 10.2. The van der Waals surface area contributed by atoms with Crippen molar-refractivity contribution in [1.82, 2.24) is 5.32 Å². The van der Waals surface area contributed by atoms with Crippen molar-refractivity contribution in [3.8, 4) is 0 Å². The number of rotatable bonds is 4. The molecule has 1 aliphatic heterocycles. The van der Waals surface area contributed by atoms with E-state index in [9.17, 15) is 9.59 Å². The van der Waals surface area contributed by atoms with Crippen molar-refractivity contribution in [2.45, 2.75) is 30.0 Å². The average molecular weight is 367 g/mol. The molecule has 2 amide bonds. The van der Waals surface area contributed by atoms with Crippen LogP contribution >= 0.6 is 34.7 Å². The molecule has 2 heterocycles. The predicted molar refractivity (Wildman–Crippen MR) is 95.2 cm³/mol. The molecule has 0 aliphatic carbocycles. The van der Waals surface area contributed by atoms with E-state index in [1.54, 1.807) is 23.5 Å². The van der Waals surface area contributed by atoms with Crippen LogP contribution in [0, 0.1) is 6.92 Å². The Morgan fingerprint density at radius 3 is 2.91 bits per heavy atom. The highest BCUT2D eigenvalue weighted by molar-refractivity contribution is 8.01. The highest BCUT2D eigenvalue weighted by Crippen LogP contribution is 2.38. The third-order valence-electron chi connectivity index (χ3n) is 3.39. The lowest BCUT2D eigenvalue weighted by Crippen LogP contribution is -2.34. The van der Waals surface area contributed by atoms with E-state index in [1.165, 1.54) is 16.6 Å². The molecule has 0 radical (unpaired) electrons. The Hall–Kier alpha value is -1.50. The molecule has 0 saturated carbocycles. The standard InChI is InChI=1S/C16H15ClN2O2S2/c1-9-2-4-11(22-9)8-18-15(20)7-14-16(21)19-12-6-10(17)3-5-13(12)23-14/h2-6,14H,7-8H2,1H3,(H,18,20)(H,19,21). The summed E-state index contributed by atoms with van der Waals surface area (Å²) in [5.74, 6) is -0.284. The first-order valence-electron chi connectivity index (χ1n) is 7.10. The molecule has 2 N–H and O–H groups in total. The van der Waals surface area contributed by atoms with Gasteiger partial charge in [-0.05, 0) is 37.3 Å². The fourth-order valence-corrected chi connectivity index (χ4v) is 4.36. The Labute approximate surface area is 147 Å². The quantitative estimate of drug-likeness (QED) is 0.864. The number of benzene rings is 1. The van der Waals surface area contributed by atoms with E-state index in [0.29, 0.717) is 17.3 Å². The van der Waals surface area contributed by atoms with Crippen LogP contribution in [0.1, 0.15) is 16.2 Å². The van der Waals surface area contributed by atoms with E-state index in [-0.39, 0.29) is 18.2 Å². The zero-order chi connectivity index (χ0) is 16.4. The Kier molecular flexibility index (Phi) is 4.94. The summed E-state index contributed by atoms with van der Waals surface area (Å²) in [4.78, 5) is 27.5. The molecule has 0 saturated heterocycles. The summed E-state index contributed by atoms with van der Waals surface area (Å²) >= 11 is 8.98. The Bertz CT molecular complexity index is 760. The number of carbonyl (C=O) groups excluding carboxylic acids is 2. The third kappa shape index (κ3) is 4.07. The molecule has 1 aliphatic rings. The van der Waals surface area contributed by atoms with E-state index >= 15 is 0 Å². The highest BCUT2D eigenvalue weighted by Gasteiger charge is 2.29. The van der Waals surface area contributed by atoms with Crippen LogP contribution in [0.3, 0.4) is 0 Å². The van der Waals surface area contributed by atoms with E-state index in [2.05, 4.69) is 10.6 Å². The van der Waals surface area contributed by atoms with Crippen LogP contribution in [-0.4, -0.2) is 17.1 Å². The lowest BCUT2D eigenvalue weighted by molar-refractivity contribution is -0.124. The van der Waals surface area contributed by atoms with Gasteiger partial charge in [0, 0.05) is 26.1 Å². The molecule has 3 rings (SSSR count). The number of anilines is 1. The number of thioether (sulfide) groups is 1. The molecule has 4 nitrogen and oxygen atoms in total. The monoisotopic (exact) mass is 366 g/mol. The molecule has 1 unspecified atom stereocenters. The van der Waals surface area contributed by atoms with Crippen molar-refractivity contribution in [2.75, 3.05) is 5.32 Å². The van der Waals surface area contributed by atoms with Gasteiger partial charge in [0.25, 0.3) is 0 Å². The van der Waals surface area contributed by atoms with Crippen molar-refractivity contribution in [3.63, 3.8) is 0 Å². The predicted octanol–water partition coefficient (Wildman–Crippen LogP) is 3.83. The van der Waals surface area contributed by atoms with Crippen molar-refractivity contribution in [3.05, 3.63) is 45.1 Å². The van der Waals surface area contributed by atoms with Crippen molar-refractivity contribution >= 4 is 52.2 Å². The second-order valence-corrected chi connectivity index (χ2v) is 8.28. The second kappa shape index (κ2) is 6.95. The number of hydrogen-bond donors (Lipinski definition) is 2. The van der Waals surface area contributed by atoms with Crippen LogP contribution in [0.25, 0.3) is 0 Å². The summed E-state index contributed by atoms with van der Waals surface area (Å²) in [6.07, 6.45) is 0.156. The molecular weight excluding hydrogens is 352 g/mol. The van der Waals surface area contributed by atoms with Gasteiger partial charge in [0.05, 0.1) is 17.5 Å². The van der Waals surface area contributed by atoms with Crippen molar-refractivity contribution in [1.29, 1.82) is 0 Å². The molecule has 2 aromatic rings. The summed E-state index contributed by atoms with van der Waals surface area (Å²) in [7, 11) is 0. The summed E-state index contributed by atoms with van der Waals surface area (Å²) in [6.45, 7) is 2.53. The van der Waals surface area contributed by atoms with Gasteiger partial charge in [-0.15, -0.1) is 23.1 Å². The van der Waals surface area contributed by atoms with Gasteiger partial charge in [-0.3, -0.25) is 9.59 Å². The maximum atomic E-state index is 12.1. The summed E-state index contributed by atoms with van der Waals surface area (Å²) in [5, 5.41) is 5.83. The molecule has 1 aromatic heterocycles. The first-order chi connectivity index (χ1) is 11.0. The van der Waals surface area contributed by atoms with Gasteiger partial charge in [0.2, 0.25) is 11.8 Å². The summed E-state index contributed by atoms with van der Waals surface area (Å²) in [6, 6.07) is 9.39. The minimum Gasteiger partial charge on any atom is -0.351 e. The molecule has 23 heavy (non-hydrogen) atoms. The zero-order valence-corrected chi connectivity index (χ0v) is 14.8. The van der Waals surface area contributed by atoms with Crippen molar-refractivity contribution < 1.29 is 9.59 Å². The van der Waals surface area contributed by atoms with E-state index < -0.39 is 5.25 Å². The van der Waals surface area contributed by atoms with Gasteiger partial charge in [-0.1, -0.05) is 11.6 Å². The molecule has 7 heteroatoms. The number of halogens is 1. The van der Waals surface area contributed by atoms with Crippen LogP contribution in [-0.2, 0) is 16.1 Å². The van der Waals surface area contributed by atoms with Gasteiger partial charge >= 0.3 is 0 Å². The third-order valence-corrected chi connectivity index (χ3v) is 5.90. The summed E-state index contributed by atoms with van der Waals surface area (Å²) < 4.78 is 0. The second-order valence-electron chi connectivity index (χ2n) is 5.23. The zero-order valence-electron chi connectivity index (χ0n) is 12.4. The van der Waals surface area contributed by atoms with E-state index in [1.807, 2.05) is 25.1 Å². The van der Waals surface area contributed by atoms with Gasteiger partial charge in [-0.25, -0.2) is 0 Å². The van der Waals surface area contributed by atoms with Gasteiger partial charge in [0.15, 0.2) is 0 Å². The van der Waals surface area contributed by atoms with Crippen LogP contribution in [0.4, 0.5) is 5.69 Å². The van der Waals surface area contributed by atoms with Gasteiger partial charge in [0.1, 0.15) is 0 Å². The maximum Gasteiger partial charge on any atom is 0.238 e. The van der Waals surface area contributed by atoms with Crippen LogP contribution in [0.2, 0.25) is 5.02 Å². The Morgan fingerprint density at radius 2 is 2.17 bits per heavy atom. The lowest BCUT2D eigenvalue weighted by Gasteiger charge is -2.23. The first-order valence-corrected chi connectivity index (χ1v) is 9.18. The highest BCUT2D eigenvalue weighted by atomic mass is 35.5. The molecule has 0 spiro atoms. The topological polar surface area (TPSA) is 58.2 Å². The minimum atomic E-state index is -0.422. The number of aryl methyl sites for hydroxylation is 1. The molecular formula is C16H15ClN2O2S2. The van der Waals surface area contributed by atoms with Gasteiger partial charge in [-0.2, -0.15) is 0 Å². The Morgan fingerprint density at radius 1 is 1.35 bits per heavy atom. The van der Waals surface area contributed by atoms with E-state index in [0.717, 1.165) is 9.77 Å². The number of amides is 2. The van der Waals surface area contributed by atoms with E-state index in [4.69, 9.17) is 11.6 Å². The largest absolute Gasteiger partial charge is 0.351 e. The normalized spacial score (nSPS) is 16.6. The summed E-state index contributed by atoms with van der Waals surface area (Å²) in [5.41, 5.74) is 0.707. The maximum absolute atomic E-state index is 12.1. The molecule has 120 valence electrons. The smallest absolute Gasteiger partial charge is 0.238 e. The number of carbonyl (C=O) groups is 2. The van der Waals surface area contributed by atoms with Gasteiger partial charge < -0.3 is 10.6 Å². The van der Waals surface area contributed by atoms with Crippen LogP contribution < -0.4 is 10.6 Å². The SMILES string of the molecule is Cc1ccc(CNC(=O)CC2Sc3ccc(Cl)cc3NC2=O)s1. The number of hydrogen-bond acceptors (Lipinski definition) is 4. The first kappa shape index (κ1) is 16.4. The average Bonchev–Trinajstić information content (AvgIpc) is 2.92. The van der Waals surface area contributed by atoms with Crippen LogP contribution in [0.15, 0.2) is 35.2 Å². The van der Waals surface area contributed by atoms with Crippen LogP contribution in [0.5, 0.6) is 0 Å².